The van der Waals surface area contributed by atoms with Crippen molar-refractivity contribution in [3.8, 4) is 5.75 Å². The van der Waals surface area contributed by atoms with Gasteiger partial charge in [-0.1, -0.05) is 48.6 Å². The second-order valence-corrected chi connectivity index (χ2v) is 7.17. The Morgan fingerprint density at radius 3 is 2.73 bits per heavy atom. The lowest BCUT2D eigenvalue weighted by atomic mass is 9.92. The predicted octanol–water partition coefficient (Wildman–Crippen LogP) is 6.13. The number of anilines is 1. The van der Waals surface area contributed by atoms with Gasteiger partial charge in [0, 0.05) is 27.3 Å². The molecule has 1 aromatic heterocycles. The third-order valence-corrected chi connectivity index (χ3v) is 5.31. The highest BCUT2D eigenvalue weighted by Crippen LogP contribution is 2.38. The lowest BCUT2D eigenvalue weighted by molar-refractivity contribution is 0.471. The fourth-order valence-corrected chi connectivity index (χ4v) is 3.70. The summed E-state index contributed by atoms with van der Waals surface area (Å²) in [5, 5.41) is 15.4. The van der Waals surface area contributed by atoms with Crippen LogP contribution in [-0.4, -0.2) is 10.1 Å². The zero-order valence-corrected chi connectivity index (χ0v) is 15.8. The Kier molecular flexibility index (Phi) is 4.76. The first kappa shape index (κ1) is 16.9. The smallest absolute Gasteiger partial charge is 0.147 e. The van der Waals surface area contributed by atoms with Gasteiger partial charge in [-0.25, -0.2) is 0 Å². The number of para-hydroxylation sites is 1. The highest BCUT2D eigenvalue weighted by molar-refractivity contribution is 9.10. The summed E-state index contributed by atoms with van der Waals surface area (Å²) in [6.45, 7) is 0. The summed E-state index contributed by atoms with van der Waals surface area (Å²) >= 11 is 3.60. The molecule has 3 nitrogen and oxygen atoms in total. The number of rotatable bonds is 4. The van der Waals surface area contributed by atoms with E-state index in [-0.39, 0.29) is 11.8 Å². The molecule has 0 bridgehead atoms. The number of phenolic OH excluding ortho intramolecular Hbond substituents is 1. The monoisotopic (exact) mass is 406 g/mol. The van der Waals surface area contributed by atoms with Crippen molar-refractivity contribution in [2.24, 2.45) is 0 Å². The molecular formula is C22H19BrN2O. The topological polar surface area (TPSA) is 45.1 Å². The van der Waals surface area contributed by atoms with Crippen molar-refractivity contribution in [2.45, 2.75) is 18.9 Å². The molecule has 0 aliphatic heterocycles. The summed E-state index contributed by atoms with van der Waals surface area (Å²) in [4.78, 5) is 4.37. The van der Waals surface area contributed by atoms with Gasteiger partial charge in [0.05, 0.1) is 6.04 Å². The summed E-state index contributed by atoms with van der Waals surface area (Å²) in [5.74, 6) is 0.229. The van der Waals surface area contributed by atoms with Gasteiger partial charge in [-0.2, -0.15) is 0 Å². The van der Waals surface area contributed by atoms with E-state index in [0.29, 0.717) is 5.52 Å². The molecule has 4 heteroatoms. The van der Waals surface area contributed by atoms with Gasteiger partial charge in [0.25, 0.3) is 0 Å². The highest BCUT2D eigenvalue weighted by Gasteiger charge is 2.22. The Balaban J connectivity index is 1.83. The second-order valence-electron chi connectivity index (χ2n) is 6.32. The van der Waals surface area contributed by atoms with Crippen molar-refractivity contribution in [1.29, 1.82) is 0 Å². The molecule has 0 saturated carbocycles. The van der Waals surface area contributed by atoms with Crippen LogP contribution < -0.4 is 5.32 Å². The van der Waals surface area contributed by atoms with Crippen LogP contribution in [0.15, 0.2) is 83.0 Å². The van der Waals surface area contributed by atoms with E-state index in [1.165, 1.54) is 0 Å². The normalized spacial score (nSPS) is 14.9. The zero-order chi connectivity index (χ0) is 17.9. The van der Waals surface area contributed by atoms with Gasteiger partial charge in [0.15, 0.2) is 0 Å². The predicted molar refractivity (Wildman–Crippen MR) is 110 cm³/mol. The van der Waals surface area contributed by atoms with Crippen LogP contribution in [0.3, 0.4) is 0 Å². The number of nitrogens with zero attached hydrogens (tertiary/aromatic N) is 1. The van der Waals surface area contributed by atoms with E-state index in [4.69, 9.17) is 0 Å². The minimum absolute atomic E-state index is 0.156. The third-order valence-electron chi connectivity index (χ3n) is 4.62. The molecule has 2 aromatic carbocycles. The van der Waals surface area contributed by atoms with Gasteiger partial charge in [-0.05, 0) is 52.5 Å². The first-order valence-corrected chi connectivity index (χ1v) is 9.47. The largest absolute Gasteiger partial charge is 0.505 e. The maximum absolute atomic E-state index is 10.9. The Hall–Kier alpha value is -2.59. The van der Waals surface area contributed by atoms with E-state index in [1.54, 1.807) is 6.20 Å². The molecule has 0 saturated heterocycles. The summed E-state index contributed by atoms with van der Waals surface area (Å²) in [6, 6.07) is 15.7. The highest BCUT2D eigenvalue weighted by atomic mass is 79.9. The zero-order valence-electron chi connectivity index (χ0n) is 14.2. The quantitative estimate of drug-likeness (QED) is 0.547. The number of halogens is 1. The molecule has 0 spiro atoms. The van der Waals surface area contributed by atoms with Crippen LogP contribution in [0.25, 0.3) is 10.9 Å². The Bertz CT molecular complexity index is 1010. The Morgan fingerprint density at radius 2 is 1.92 bits per heavy atom. The molecule has 1 unspecified atom stereocenters. The van der Waals surface area contributed by atoms with Crippen molar-refractivity contribution in [2.75, 3.05) is 5.32 Å². The minimum atomic E-state index is -0.156. The summed E-state index contributed by atoms with van der Waals surface area (Å²) in [6.07, 6.45) is 10.3. The van der Waals surface area contributed by atoms with Crippen LogP contribution in [0, 0.1) is 0 Å². The molecule has 1 heterocycles. The number of aromatic hydroxyl groups is 1. The molecule has 0 amide bonds. The number of allylic oxidation sites excluding steroid dienone is 2. The molecular weight excluding hydrogens is 388 g/mol. The average molecular weight is 407 g/mol. The van der Waals surface area contributed by atoms with Crippen LogP contribution in [0.2, 0.25) is 0 Å². The molecule has 1 aliphatic carbocycles. The van der Waals surface area contributed by atoms with E-state index < -0.39 is 0 Å². The van der Waals surface area contributed by atoms with Crippen molar-refractivity contribution >= 4 is 32.5 Å². The Morgan fingerprint density at radius 1 is 1.04 bits per heavy atom. The van der Waals surface area contributed by atoms with Gasteiger partial charge >= 0.3 is 0 Å². The number of phenols is 1. The number of pyridine rings is 1. The third kappa shape index (κ3) is 3.25. The first-order valence-electron chi connectivity index (χ1n) is 8.68. The van der Waals surface area contributed by atoms with Gasteiger partial charge < -0.3 is 10.4 Å². The first-order chi connectivity index (χ1) is 12.7. The molecule has 4 rings (SSSR count). The van der Waals surface area contributed by atoms with Gasteiger partial charge in [-0.3, -0.25) is 4.98 Å². The summed E-state index contributed by atoms with van der Waals surface area (Å²) in [7, 11) is 0. The minimum Gasteiger partial charge on any atom is -0.505 e. The number of nitrogens with one attached hydrogen (secondary N) is 1. The number of hydrogen-bond acceptors (Lipinski definition) is 3. The fraction of sp³-hybridized carbons (Fsp3) is 0.136. The SMILES string of the molecule is Oc1c(C(Nc2ccccc2Br)C2=CCCC=C2)ccc2cccnc12. The molecule has 0 radical (unpaired) electrons. The van der Waals surface area contributed by atoms with Crippen molar-refractivity contribution in [1.82, 2.24) is 4.98 Å². The summed E-state index contributed by atoms with van der Waals surface area (Å²) < 4.78 is 0.990. The van der Waals surface area contributed by atoms with Gasteiger partial charge in [0.2, 0.25) is 0 Å². The second kappa shape index (κ2) is 7.34. The number of hydrogen-bond donors (Lipinski definition) is 2. The molecule has 3 aromatic rings. The number of fused-ring (bicyclic) bond motifs is 1. The van der Waals surface area contributed by atoms with Crippen molar-refractivity contribution < 1.29 is 5.11 Å². The van der Waals surface area contributed by atoms with Crippen LogP contribution in [0.1, 0.15) is 24.4 Å². The van der Waals surface area contributed by atoms with E-state index in [9.17, 15) is 5.11 Å². The van der Waals surface area contributed by atoms with Crippen LogP contribution >= 0.6 is 15.9 Å². The maximum Gasteiger partial charge on any atom is 0.147 e. The molecule has 26 heavy (non-hydrogen) atoms. The van der Waals surface area contributed by atoms with Gasteiger partial charge in [-0.15, -0.1) is 0 Å². The van der Waals surface area contributed by atoms with Crippen LogP contribution in [-0.2, 0) is 0 Å². The van der Waals surface area contributed by atoms with Crippen molar-refractivity contribution in [3.63, 3.8) is 0 Å². The standard InChI is InChI=1S/C22H19BrN2O/c23-18-10-4-5-11-19(18)25-20(15-7-2-1-3-8-15)17-13-12-16-9-6-14-24-21(16)22(17)26/h2,4-14,20,25-26H,1,3H2. The van der Waals surface area contributed by atoms with Crippen LogP contribution in [0.4, 0.5) is 5.69 Å². The van der Waals surface area contributed by atoms with E-state index >= 15 is 0 Å². The molecule has 1 aliphatic rings. The van der Waals surface area contributed by atoms with E-state index in [1.807, 2.05) is 48.5 Å². The lowest BCUT2D eigenvalue weighted by Gasteiger charge is -2.25. The fourth-order valence-electron chi connectivity index (χ4n) is 3.30. The number of benzene rings is 2. The Labute approximate surface area is 161 Å². The maximum atomic E-state index is 10.9. The number of aromatic nitrogens is 1. The molecule has 130 valence electrons. The van der Waals surface area contributed by atoms with E-state index in [2.05, 4.69) is 44.5 Å². The molecule has 2 N–H and O–H groups in total. The van der Waals surface area contributed by atoms with E-state index in [0.717, 1.165) is 39.5 Å². The molecule has 1 atom stereocenters. The van der Waals surface area contributed by atoms with Crippen molar-refractivity contribution in [3.05, 3.63) is 88.6 Å². The lowest BCUT2D eigenvalue weighted by Crippen LogP contribution is -2.14. The van der Waals surface area contributed by atoms with Crippen LogP contribution in [0.5, 0.6) is 5.75 Å². The molecule has 0 fully saturated rings. The van der Waals surface area contributed by atoms with Gasteiger partial charge in [0.1, 0.15) is 11.3 Å². The average Bonchev–Trinajstić information content (AvgIpc) is 2.69. The summed E-state index contributed by atoms with van der Waals surface area (Å²) in [5.41, 5.74) is 3.59.